The first-order chi connectivity index (χ1) is 12.1. The number of methoxy groups -OCH3 is 1. The van der Waals surface area contributed by atoms with Crippen LogP contribution in [0.4, 0.5) is 5.69 Å². The summed E-state index contributed by atoms with van der Waals surface area (Å²) in [5.41, 5.74) is 1.86. The van der Waals surface area contributed by atoms with Gasteiger partial charge in [-0.3, -0.25) is 9.59 Å². The predicted octanol–water partition coefficient (Wildman–Crippen LogP) is 1.89. The quantitative estimate of drug-likeness (QED) is 0.666. The Balaban J connectivity index is 1.69. The van der Waals surface area contributed by atoms with Crippen molar-refractivity contribution in [3.8, 4) is 0 Å². The summed E-state index contributed by atoms with van der Waals surface area (Å²) in [6.45, 7) is 0.514. The molecule has 6 nitrogen and oxygen atoms in total. The number of nitrogens with zero attached hydrogens (tertiary/aromatic N) is 1. The number of benzene rings is 2. The van der Waals surface area contributed by atoms with Gasteiger partial charge in [0.15, 0.2) is 0 Å². The Morgan fingerprint density at radius 3 is 2.44 bits per heavy atom. The highest BCUT2D eigenvalue weighted by atomic mass is 16.5. The van der Waals surface area contributed by atoms with Gasteiger partial charge >= 0.3 is 5.97 Å². The second-order valence-corrected chi connectivity index (χ2v) is 5.73. The molecular formula is C19H18N2O4. The zero-order valence-corrected chi connectivity index (χ0v) is 13.8. The lowest BCUT2D eigenvalue weighted by Gasteiger charge is -2.16. The summed E-state index contributed by atoms with van der Waals surface area (Å²) in [6, 6.07) is 15.3. The van der Waals surface area contributed by atoms with E-state index in [0.29, 0.717) is 17.8 Å². The van der Waals surface area contributed by atoms with Crippen LogP contribution < -0.4 is 10.2 Å². The summed E-state index contributed by atoms with van der Waals surface area (Å²) in [5.74, 6) is -1.01. The summed E-state index contributed by atoms with van der Waals surface area (Å²) in [4.78, 5) is 37.4. The zero-order valence-electron chi connectivity index (χ0n) is 13.8. The van der Waals surface area contributed by atoms with Crippen LogP contribution in [0.25, 0.3) is 0 Å². The fourth-order valence-corrected chi connectivity index (χ4v) is 2.76. The molecule has 0 saturated carbocycles. The molecule has 0 aromatic heterocycles. The van der Waals surface area contributed by atoms with Crippen LogP contribution in [0.2, 0.25) is 0 Å². The molecule has 3 rings (SSSR count). The van der Waals surface area contributed by atoms with E-state index in [-0.39, 0.29) is 18.2 Å². The average Bonchev–Trinajstić information content (AvgIpc) is 2.94. The van der Waals surface area contributed by atoms with E-state index in [0.717, 1.165) is 10.5 Å². The van der Waals surface area contributed by atoms with Gasteiger partial charge in [-0.15, -0.1) is 0 Å². The number of amides is 2. The maximum Gasteiger partial charge on any atom is 0.337 e. The number of ether oxygens (including phenoxy) is 1. The summed E-state index contributed by atoms with van der Waals surface area (Å²) >= 11 is 0. The summed E-state index contributed by atoms with van der Waals surface area (Å²) in [7, 11) is 1.30. The molecule has 1 N–H and O–H groups in total. The number of hydrogen-bond acceptors (Lipinski definition) is 5. The Bertz CT molecular complexity index is 787. The summed E-state index contributed by atoms with van der Waals surface area (Å²) in [6.07, 6.45) is 0.115. The van der Waals surface area contributed by atoms with Crippen molar-refractivity contribution in [1.29, 1.82) is 0 Å². The number of hydrogen-bond donors (Lipinski definition) is 1. The van der Waals surface area contributed by atoms with E-state index in [1.165, 1.54) is 19.2 Å². The molecule has 1 aliphatic rings. The maximum absolute atomic E-state index is 12.6. The topological polar surface area (TPSA) is 75.7 Å². The molecule has 1 saturated heterocycles. The van der Waals surface area contributed by atoms with Gasteiger partial charge in [0, 0.05) is 6.54 Å². The Hall–Kier alpha value is -2.99. The van der Waals surface area contributed by atoms with E-state index in [4.69, 9.17) is 0 Å². The second-order valence-electron chi connectivity index (χ2n) is 5.73. The van der Waals surface area contributed by atoms with Crippen molar-refractivity contribution in [2.24, 2.45) is 0 Å². The Kier molecular flexibility index (Phi) is 4.90. The lowest BCUT2D eigenvalue weighted by atomic mass is 10.2. The van der Waals surface area contributed by atoms with Crippen molar-refractivity contribution < 1.29 is 19.1 Å². The number of anilines is 1. The molecule has 2 aromatic rings. The van der Waals surface area contributed by atoms with Gasteiger partial charge in [0.1, 0.15) is 0 Å². The first kappa shape index (κ1) is 16.9. The van der Waals surface area contributed by atoms with Crippen LogP contribution in [-0.2, 0) is 20.9 Å². The van der Waals surface area contributed by atoms with Crippen molar-refractivity contribution in [3.05, 3.63) is 65.7 Å². The molecule has 128 valence electrons. The molecule has 2 aromatic carbocycles. The molecule has 0 aliphatic carbocycles. The second kappa shape index (κ2) is 7.27. The largest absolute Gasteiger partial charge is 0.465 e. The molecule has 1 fully saturated rings. The molecule has 1 atom stereocenters. The summed E-state index contributed by atoms with van der Waals surface area (Å²) < 4.78 is 4.64. The van der Waals surface area contributed by atoms with Gasteiger partial charge in [-0.25, -0.2) is 9.69 Å². The Labute approximate surface area is 145 Å². The Morgan fingerprint density at radius 2 is 1.80 bits per heavy atom. The number of esters is 1. The first-order valence-electron chi connectivity index (χ1n) is 7.92. The number of carbonyl (C=O) groups excluding carboxylic acids is 3. The third-order valence-corrected chi connectivity index (χ3v) is 4.09. The third-order valence-electron chi connectivity index (χ3n) is 4.09. The van der Waals surface area contributed by atoms with E-state index in [2.05, 4.69) is 10.1 Å². The molecule has 2 amide bonds. The normalized spacial score (nSPS) is 17.0. The van der Waals surface area contributed by atoms with Crippen molar-refractivity contribution in [2.75, 3.05) is 12.0 Å². The third kappa shape index (κ3) is 3.59. The van der Waals surface area contributed by atoms with Crippen molar-refractivity contribution in [1.82, 2.24) is 5.32 Å². The molecule has 1 aliphatic heterocycles. The van der Waals surface area contributed by atoms with Gasteiger partial charge in [-0.1, -0.05) is 30.3 Å². The van der Waals surface area contributed by atoms with E-state index >= 15 is 0 Å². The van der Waals surface area contributed by atoms with Crippen LogP contribution in [0.15, 0.2) is 54.6 Å². The van der Waals surface area contributed by atoms with Gasteiger partial charge in [0.05, 0.1) is 30.8 Å². The lowest BCUT2D eigenvalue weighted by Crippen LogP contribution is -2.38. The van der Waals surface area contributed by atoms with Gasteiger partial charge in [-0.2, -0.15) is 0 Å². The molecule has 0 bridgehead atoms. The van der Waals surface area contributed by atoms with Gasteiger partial charge in [-0.05, 0) is 29.8 Å². The Morgan fingerprint density at radius 1 is 1.12 bits per heavy atom. The van der Waals surface area contributed by atoms with Crippen LogP contribution in [0.3, 0.4) is 0 Å². The predicted molar refractivity (Wildman–Crippen MR) is 92.0 cm³/mol. The minimum Gasteiger partial charge on any atom is -0.465 e. The van der Waals surface area contributed by atoms with Gasteiger partial charge in [0.2, 0.25) is 5.91 Å². The lowest BCUT2D eigenvalue weighted by molar-refractivity contribution is -0.121. The number of carbonyl (C=O) groups is 3. The maximum atomic E-state index is 12.6. The van der Waals surface area contributed by atoms with Crippen molar-refractivity contribution in [3.63, 3.8) is 0 Å². The van der Waals surface area contributed by atoms with Crippen LogP contribution in [-0.4, -0.2) is 30.9 Å². The number of imide groups is 1. The fraction of sp³-hybridized carbons (Fsp3) is 0.211. The molecule has 0 unspecified atom stereocenters. The number of nitrogens with one attached hydrogen (secondary N) is 1. The molecule has 0 radical (unpaired) electrons. The standard InChI is InChI=1S/C19H18N2O4/c1-25-19(24)14-7-9-15(10-8-14)21-17(22)11-16(18(21)23)20-12-13-5-3-2-4-6-13/h2-10,16,20H,11-12H2,1H3/t16-/m0/s1. The minimum absolute atomic E-state index is 0.115. The van der Waals surface area contributed by atoms with E-state index < -0.39 is 12.0 Å². The summed E-state index contributed by atoms with van der Waals surface area (Å²) in [5, 5.41) is 3.13. The van der Waals surface area contributed by atoms with Crippen molar-refractivity contribution in [2.45, 2.75) is 19.0 Å². The van der Waals surface area contributed by atoms with Crippen LogP contribution in [0, 0.1) is 0 Å². The van der Waals surface area contributed by atoms with E-state index in [1.807, 2.05) is 30.3 Å². The first-order valence-corrected chi connectivity index (χ1v) is 7.92. The van der Waals surface area contributed by atoms with Crippen LogP contribution in [0.5, 0.6) is 0 Å². The monoisotopic (exact) mass is 338 g/mol. The fourth-order valence-electron chi connectivity index (χ4n) is 2.76. The molecule has 6 heteroatoms. The highest BCUT2D eigenvalue weighted by Crippen LogP contribution is 2.23. The van der Waals surface area contributed by atoms with Gasteiger partial charge in [0.25, 0.3) is 5.91 Å². The SMILES string of the molecule is COC(=O)c1ccc(N2C(=O)C[C@H](NCc3ccccc3)C2=O)cc1. The minimum atomic E-state index is -0.548. The number of rotatable bonds is 5. The van der Waals surface area contributed by atoms with E-state index in [9.17, 15) is 14.4 Å². The smallest absolute Gasteiger partial charge is 0.337 e. The molecule has 25 heavy (non-hydrogen) atoms. The van der Waals surface area contributed by atoms with E-state index in [1.54, 1.807) is 12.1 Å². The van der Waals surface area contributed by atoms with Crippen LogP contribution in [0.1, 0.15) is 22.3 Å². The highest BCUT2D eigenvalue weighted by Gasteiger charge is 2.39. The molecular weight excluding hydrogens is 320 g/mol. The highest BCUT2D eigenvalue weighted by molar-refractivity contribution is 6.22. The molecule has 0 spiro atoms. The van der Waals surface area contributed by atoms with Gasteiger partial charge < -0.3 is 10.1 Å². The van der Waals surface area contributed by atoms with Crippen LogP contribution >= 0.6 is 0 Å². The van der Waals surface area contributed by atoms with Crippen molar-refractivity contribution >= 4 is 23.5 Å². The average molecular weight is 338 g/mol. The molecule has 1 heterocycles. The zero-order chi connectivity index (χ0) is 17.8.